The van der Waals surface area contributed by atoms with Crippen molar-refractivity contribution in [2.75, 3.05) is 20.3 Å². The van der Waals surface area contributed by atoms with Gasteiger partial charge in [-0.05, 0) is 27.2 Å². The van der Waals surface area contributed by atoms with E-state index in [1.807, 2.05) is 13.8 Å². The third-order valence-electron chi connectivity index (χ3n) is 1.76. The number of rotatable bonds is 6. The second-order valence-electron chi connectivity index (χ2n) is 3.64. The van der Waals surface area contributed by atoms with Crippen LogP contribution in [0.25, 0.3) is 0 Å². The summed E-state index contributed by atoms with van der Waals surface area (Å²) in [4.78, 5) is 0. The number of aliphatic hydroxyl groups excluding tert-OH is 1. The number of hydrogen-bond acceptors (Lipinski definition) is 3. The van der Waals surface area contributed by atoms with Gasteiger partial charge in [-0.15, -0.1) is 0 Å². The Hall–Kier alpha value is -0.120. The van der Waals surface area contributed by atoms with Gasteiger partial charge in [0, 0.05) is 13.7 Å². The molecule has 0 fully saturated rings. The molecule has 0 aromatic heterocycles. The molecular formula is C9H20O3. The lowest BCUT2D eigenvalue weighted by atomic mass is 10.1. The van der Waals surface area contributed by atoms with Gasteiger partial charge in [-0.1, -0.05) is 0 Å². The highest BCUT2D eigenvalue weighted by Gasteiger charge is 2.15. The van der Waals surface area contributed by atoms with E-state index in [1.165, 1.54) is 0 Å². The first kappa shape index (κ1) is 11.9. The lowest BCUT2D eigenvalue weighted by molar-refractivity contribution is -0.0221. The number of methoxy groups -OCH3 is 1. The summed E-state index contributed by atoms with van der Waals surface area (Å²) in [6, 6.07) is 0. The summed E-state index contributed by atoms with van der Waals surface area (Å²) in [5.41, 5.74) is -0.126. The van der Waals surface area contributed by atoms with Crippen molar-refractivity contribution in [2.45, 2.75) is 38.9 Å². The van der Waals surface area contributed by atoms with Crippen LogP contribution in [0.5, 0.6) is 0 Å². The van der Waals surface area contributed by atoms with Gasteiger partial charge in [-0.2, -0.15) is 0 Å². The van der Waals surface area contributed by atoms with E-state index in [2.05, 4.69) is 0 Å². The monoisotopic (exact) mass is 176 g/mol. The molecule has 0 rings (SSSR count). The molecule has 0 amide bonds. The van der Waals surface area contributed by atoms with Crippen LogP contribution in [0, 0.1) is 0 Å². The molecule has 74 valence electrons. The van der Waals surface area contributed by atoms with Crippen LogP contribution >= 0.6 is 0 Å². The molecule has 3 nitrogen and oxygen atoms in total. The SMILES string of the molecule is COC(C)(C)CCOCC(C)O. The van der Waals surface area contributed by atoms with Crippen LogP contribution in [-0.2, 0) is 9.47 Å². The summed E-state index contributed by atoms with van der Waals surface area (Å²) >= 11 is 0. The van der Waals surface area contributed by atoms with Gasteiger partial charge in [0.25, 0.3) is 0 Å². The zero-order chi connectivity index (χ0) is 9.61. The summed E-state index contributed by atoms with van der Waals surface area (Å²) in [5, 5.41) is 8.88. The van der Waals surface area contributed by atoms with Crippen molar-refractivity contribution in [3.8, 4) is 0 Å². The Morgan fingerprint density at radius 1 is 1.42 bits per heavy atom. The van der Waals surface area contributed by atoms with Crippen molar-refractivity contribution in [2.24, 2.45) is 0 Å². The summed E-state index contributed by atoms with van der Waals surface area (Å²) in [5.74, 6) is 0. The van der Waals surface area contributed by atoms with Crippen LogP contribution < -0.4 is 0 Å². The van der Waals surface area contributed by atoms with Crippen molar-refractivity contribution < 1.29 is 14.6 Å². The minimum atomic E-state index is -0.379. The molecule has 0 aromatic rings. The molecule has 0 saturated heterocycles. The Morgan fingerprint density at radius 2 is 2.00 bits per heavy atom. The van der Waals surface area contributed by atoms with Crippen molar-refractivity contribution >= 4 is 0 Å². The normalized spacial score (nSPS) is 14.8. The molecule has 0 aliphatic rings. The van der Waals surface area contributed by atoms with Crippen LogP contribution in [0.3, 0.4) is 0 Å². The summed E-state index contributed by atoms with van der Waals surface area (Å²) in [6.45, 7) is 6.77. The van der Waals surface area contributed by atoms with Crippen molar-refractivity contribution in [1.29, 1.82) is 0 Å². The molecule has 1 unspecified atom stereocenters. The molecule has 0 spiro atoms. The first-order valence-electron chi connectivity index (χ1n) is 4.29. The molecule has 3 heteroatoms. The Morgan fingerprint density at radius 3 is 2.42 bits per heavy atom. The number of hydrogen-bond donors (Lipinski definition) is 1. The van der Waals surface area contributed by atoms with Crippen LogP contribution in [0.2, 0.25) is 0 Å². The minimum absolute atomic E-state index is 0.126. The molecule has 0 aromatic carbocycles. The Kier molecular flexibility index (Phi) is 5.46. The standard InChI is InChI=1S/C9H20O3/c1-8(10)7-12-6-5-9(2,3)11-4/h8,10H,5-7H2,1-4H3. The van der Waals surface area contributed by atoms with Crippen molar-refractivity contribution in [1.82, 2.24) is 0 Å². The fourth-order valence-corrected chi connectivity index (χ4v) is 0.674. The van der Waals surface area contributed by atoms with Gasteiger partial charge >= 0.3 is 0 Å². The summed E-state index contributed by atoms with van der Waals surface area (Å²) in [6.07, 6.45) is 0.464. The maximum Gasteiger partial charge on any atom is 0.0745 e. The molecule has 0 aliphatic heterocycles. The van der Waals surface area contributed by atoms with Crippen molar-refractivity contribution in [3.63, 3.8) is 0 Å². The Labute approximate surface area is 74.7 Å². The van der Waals surface area contributed by atoms with E-state index in [4.69, 9.17) is 14.6 Å². The Bertz CT molecular complexity index is 110. The van der Waals surface area contributed by atoms with Gasteiger partial charge in [0.05, 0.1) is 18.3 Å². The molecule has 0 heterocycles. The smallest absolute Gasteiger partial charge is 0.0745 e. The molecule has 12 heavy (non-hydrogen) atoms. The number of aliphatic hydroxyl groups is 1. The highest BCUT2D eigenvalue weighted by atomic mass is 16.5. The van der Waals surface area contributed by atoms with Crippen LogP contribution in [0.1, 0.15) is 27.2 Å². The van der Waals surface area contributed by atoms with Gasteiger partial charge in [-0.25, -0.2) is 0 Å². The lowest BCUT2D eigenvalue weighted by Crippen LogP contribution is -2.25. The van der Waals surface area contributed by atoms with E-state index in [1.54, 1.807) is 14.0 Å². The van der Waals surface area contributed by atoms with E-state index in [9.17, 15) is 0 Å². The fraction of sp³-hybridized carbons (Fsp3) is 1.00. The van der Waals surface area contributed by atoms with E-state index in [0.717, 1.165) is 6.42 Å². The zero-order valence-corrected chi connectivity index (χ0v) is 8.46. The van der Waals surface area contributed by atoms with Crippen LogP contribution in [0.15, 0.2) is 0 Å². The zero-order valence-electron chi connectivity index (χ0n) is 8.46. The van der Waals surface area contributed by atoms with Crippen LogP contribution in [0.4, 0.5) is 0 Å². The largest absolute Gasteiger partial charge is 0.391 e. The highest BCUT2D eigenvalue weighted by Crippen LogP contribution is 2.12. The molecule has 0 aliphatic carbocycles. The first-order valence-corrected chi connectivity index (χ1v) is 4.29. The molecule has 1 atom stereocenters. The third-order valence-corrected chi connectivity index (χ3v) is 1.76. The molecule has 1 N–H and O–H groups in total. The predicted molar refractivity (Wildman–Crippen MR) is 48.2 cm³/mol. The summed E-state index contributed by atoms with van der Waals surface area (Å²) < 4.78 is 10.4. The maximum atomic E-state index is 8.88. The fourth-order valence-electron chi connectivity index (χ4n) is 0.674. The molecule has 0 saturated carbocycles. The second kappa shape index (κ2) is 5.51. The van der Waals surface area contributed by atoms with Gasteiger partial charge in [0.15, 0.2) is 0 Å². The molecular weight excluding hydrogens is 156 g/mol. The molecule has 0 bridgehead atoms. The predicted octanol–water partition coefficient (Wildman–Crippen LogP) is 1.20. The average molecular weight is 176 g/mol. The quantitative estimate of drug-likeness (QED) is 0.618. The maximum absolute atomic E-state index is 8.88. The van der Waals surface area contributed by atoms with Gasteiger partial charge in [0.1, 0.15) is 0 Å². The summed E-state index contributed by atoms with van der Waals surface area (Å²) in [7, 11) is 1.69. The topological polar surface area (TPSA) is 38.7 Å². The van der Waals surface area contributed by atoms with Gasteiger partial charge in [-0.3, -0.25) is 0 Å². The average Bonchev–Trinajstić information content (AvgIpc) is 1.98. The van der Waals surface area contributed by atoms with Crippen molar-refractivity contribution in [3.05, 3.63) is 0 Å². The number of ether oxygens (including phenoxy) is 2. The highest BCUT2D eigenvalue weighted by molar-refractivity contribution is 4.66. The van der Waals surface area contributed by atoms with Crippen LogP contribution in [-0.4, -0.2) is 37.1 Å². The van der Waals surface area contributed by atoms with Gasteiger partial charge < -0.3 is 14.6 Å². The van der Waals surface area contributed by atoms with E-state index < -0.39 is 0 Å². The third kappa shape index (κ3) is 6.58. The minimum Gasteiger partial charge on any atom is -0.391 e. The van der Waals surface area contributed by atoms with E-state index >= 15 is 0 Å². The van der Waals surface area contributed by atoms with E-state index in [0.29, 0.717) is 13.2 Å². The van der Waals surface area contributed by atoms with Gasteiger partial charge in [0.2, 0.25) is 0 Å². The Balaban J connectivity index is 3.31. The first-order chi connectivity index (χ1) is 5.48. The lowest BCUT2D eigenvalue weighted by Gasteiger charge is -2.22. The second-order valence-corrected chi connectivity index (χ2v) is 3.64. The molecule has 0 radical (unpaired) electrons. The van der Waals surface area contributed by atoms with E-state index in [-0.39, 0.29) is 11.7 Å².